The van der Waals surface area contributed by atoms with Crippen molar-refractivity contribution in [1.82, 2.24) is 0 Å². The number of aryl methyl sites for hydroxylation is 2. The van der Waals surface area contributed by atoms with E-state index < -0.39 is 0 Å². The molecule has 0 aromatic heterocycles. The number of halogens is 1. The predicted molar refractivity (Wildman–Crippen MR) is 77.5 cm³/mol. The van der Waals surface area contributed by atoms with E-state index in [1.807, 2.05) is 37.3 Å². The molecule has 96 valence electrons. The van der Waals surface area contributed by atoms with Crippen molar-refractivity contribution >= 4 is 12.4 Å². The summed E-state index contributed by atoms with van der Waals surface area (Å²) in [6.45, 7) is 3.76. The molecule has 0 N–H and O–H groups in total. The second-order valence-corrected chi connectivity index (χ2v) is 4.41. The summed E-state index contributed by atoms with van der Waals surface area (Å²) >= 11 is 0. The van der Waals surface area contributed by atoms with E-state index in [1.165, 1.54) is 17.8 Å². The second-order valence-electron chi connectivity index (χ2n) is 4.41. The third kappa shape index (κ3) is 3.85. The molecule has 2 aromatic rings. The molecule has 2 nitrogen and oxygen atoms in total. The molecule has 0 fully saturated rings. The van der Waals surface area contributed by atoms with Crippen LogP contribution in [0.25, 0.3) is 0 Å². The minimum absolute atomic E-state index is 0.230. The lowest BCUT2D eigenvalue weighted by Gasteiger charge is -1.96. The fourth-order valence-corrected chi connectivity index (χ4v) is 1.54. The highest BCUT2D eigenvalue weighted by Crippen LogP contribution is 2.07. The zero-order valence-corrected chi connectivity index (χ0v) is 11.0. The summed E-state index contributed by atoms with van der Waals surface area (Å²) in [6, 6.07) is 12.9. The summed E-state index contributed by atoms with van der Waals surface area (Å²) in [5.41, 5.74) is 3.51. The largest absolute Gasteiger partial charge is 0.207 e. The Bertz CT molecular complexity index is 613. The van der Waals surface area contributed by atoms with Gasteiger partial charge in [-0.2, -0.15) is 10.2 Å². The van der Waals surface area contributed by atoms with Crippen LogP contribution >= 0.6 is 0 Å². The van der Waals surface area contributed by atoms with Crippen molar-refractivity contribution in [2.75, 3.05) is 0 Å². The van der Waals surface area contributed by atoms with Crippen LogP contribution in [0.2, 0.25) is 0 Å². The standard InChI is InChI=1S/C16H15FN2/c1-12-3-6-14(7-4-12)10-18-19-11-15-8-5-13(2)16(17)9-15/h3-11H,1-2H3/b18-10+,19-11+. The molecule has 0 aliphatic carbocycles. The third-order valence-corrected chi connectivity index (χ3v) is 2.75. The maximum Gasteiger partial charge on any atom is 0.126 e. The van der Waals surface area contributed by atoms with Gasteiger partial charge in [-0.3, -0.25) is 0 Å². The molecule has 0 unspecified atom stereocenters. The van der Waals surface area contributed by atoms with Crippen molar-refractivity contribution in [3.05, 3.63) is 70.5 Å². The lowest BCUT2D eigenvalue weighted by molar-refractivity contribution is 0.618. The van der Waals surface area contributed by atoms with Crippen LogP contribution in [-0.2, 0) is 0 Å². The maximum absolute atomic E-state index is 13.3. The molecule has 0 heterocycles. The van der Waals surface area contributed by atoms with Gasteiger partial charge in [0.1, 0.15) is 5.82 Å². The lowest BCUT2D eigenvalue weighted by Crippen LogP contribution is -1.86. The number of benzene rings is 2. The van der Waals surface area contributed by atoms with Crippen molar-refractivity contribution < 1.29 is 4.39 Å². The quantitative estimate of drug-likeness (QED) is 0.586. The van der Waals surface area contributed by atoms with Gasteiger partial charge in [0.2, 0.25) is 0 Å². The topological polar surface area (TPSA) is 24.7 Å². The van der Waals surface area contributed by atoms with Crippen molar-refractivity contribution in [1.29, 1.82) is 0 Å². The number of rotatable bonds is 3. The van der Waals surface area contributed by atoms with Crippen LogP contribution in [0.5, 0.6) is 0 Å². The summed E-state index contributed by atoms with van der Waals surface area (Å²) in [5, 5.41) is 7.85. The van der Waals surface area contributed by atoms with Crippen LogP contribution in [0.3, 0.4) is 0 Å². The van der Waals surface area contributed by atoms with Crippen molar-refractivity contribution in [2.45, 2.75) is 13.8 Å². The van der Waals surface area contributed by atoms with Gasteiger partial charge in [0, 0.05) is 0 Å². The van der Waals surface area contributed by atoms with Crippen LogP contribution in [0.1, 0.15) is 22.3 Å². The molecule has 2 rings (SSSR count). The van der Waals surface area contributed by atoms with Crippen LogP contribution in [0.15, 0.2) is 52.7 Å². The first kappa shape index (κ1) is 13.1. The van der Waals surface area contributed by atoms with E-state index in [0.29, 0.717) is 11.1 Å². The SMILES string of the molecule is Cc1ccc(/C=N/N=C/c2ccc(C)c(F)c2)cc1. The molecule has 0 amide bonds. The highest BCUT2D eigenvalue weighted by Gasteiger charge is 1.96. The molecule has 0 aliphatic heterocycles. The van der Waals surface area contributed by atoms with Gasteiger partial charge in [-0.15, -0.1) is 0 Å². The maximum atomic E-state index is 13.3. The van der Waals surface area contributed by atoms with Crippen LogP contribution in [-0.4, -0.2) is 12.4 Å². The van der Waals surface area contributed by atoms with E-state index in [4.69, 9.17) is 0 Å². The first-order valence-corrected chi connectivity index (χ1v) is 6.04. The molecule has 0 atom stereocenters. The average Bonchev–Trinajstić information content (AvgIpc) is 2.41. The molecule has 0 radical (unpaired) electrons. The zero-order chi connectivity index (χ0) is 13.7. The Morgan fingerprint density at radius 1 is 0.842 bits per heavy atom. The molecule has 2 aromatic carbocycles. The smallest absolute Gasteiger partial charge is 0.126 e. The van der Waals surface area contributed by atoms with E-state index in [-0.39, 0.29) is 5.82 Å². The minimum Gasteiger partial charge on any atom is -0.207 e. The molecule has 0 saturated heterocycles. The average molecular weight is 254 g/mol. The van der Waals surface area contributed by atoms with Crippen molar-refractivity contribution in [3.63, 3.8) is 0 Å². The zero-order valence-electron chi connectivity index (χ0n) is 11.0. The summed E-state index contributed by atoms with van der Waals surface area (Å²) in [7, 11) is 0. The van der Waals surface area contributed by atoms with E-state index in [9.17, 15) is 4.39 Å². The molecular weight excluding hydrogens is 239 g/mol. The molecule has 0 saturated carbocycles. The van der Waals surface area contributed by atoms with Crippen LogP contribution in [0, 0.1) is 19.7 Å². The van der Waals surface area contributed by atoms with Crippen LogP contribution < -0.4 is 0 Å². The van der Waals surface area contributed by atoms with Gasteiger partial charge in [-0.25, -0.2) is 4.39 Å². The summed E-state index contributed by atoms with van der Waals surface area (Å²) in [6.07, 6.45) is 3.20. The van der Waals surface area contributed by atoms with E-state index in [1.54, 1.807) is 19.2 Å². The Kier molecular flexibility index (Phi) is 4.18. The predicted octanol–water partition coefficient (Wildman–Crippen LogP) is 3.90. The molecular formula is C16H15FN2. The Labute approximate surface area is 112 Å². The number of nitrogens with zero attached hydrogens (tertiary/aromatic N) is 2. The molecule has 0 spiro atoms. The van der Waals surface area contributed by atoms with Gasteiger partial charge in [0.05, 0.1) is 12.4 Å². The van der Waals surface area contributed by atoms with Crippen molar-refractivity contribution in [2.24, 2.45) is 10.2 Å². The van der Waals surface area contributed by atoms with Crippen LogP contribution in [0.4, 0.5) is 4.39 Å². The Balaban J connectivity index is 2.03. The number of hydrogen-bond donors (Lipinski definition) is 0. The van der Waals surface area contributed by atoms with E-state index in [0.717, 1.165) is 5.56 Å². The molecule has 3 heteroatoms. The van der Waals surface area contributed by atoms with Gasteiger partial charge >= 0.3 is 0 Å². The Hall–Kier alpha value is -2.29. The first-order chi connectivity index (χ1) is 9.15. The third-order valence-electron chi connectivity index (χ3n) is 2.75. The van der Waals surface area contributed by atoms with Gasteiger partial charge in [0.15, 0.2) is 0 Å². The second kappa shape index (κ2) is 6.05. The highest BCUT2D eigenvalue weighted by atomic mass is 19.1. The fourth-order valence-electron chi connectivity index (χ4n) is 1.54. The Morgan fingerprint density at radius 2 is 1.42 bits per heavy atom. The van der Waals surface area contributed by atoms with E-state index >= 15 is 0 Å². The lowest BCUT2D eigenvalue weighted by atomic mass is 10.1. The summed E-state index contributed by atoms with van der Waals surface area (Å²) < 4.78 is 13.3. The molecule has 0 aliphatic rings. The van der Waals surface area contributed by atoms with Gasteiger partial charge in [-0.05, 0) is 36.6 Å². The summed E-state index contributed by atoms with van der Waals surface area (Å²) in [5.74, 6) is -0.230. The molecule has 0 bridgehead atoms. The number of hydrogen-bond acceptors (Lipinski definition) is 2. The monoisotopic (exact) mass is 254 g/mol. The summed E-state index contributed by atoms with van der Waals surface area (Å²) in [4.78, 5) is 0. The Morgan fingerprint density at radius 3 is 2.05 bits per heavy atom. The fraction of sp³-hybridized carbons (Fsp3) is 0.125. The highest BCUT2D eigenvalue weighted by molar-refractivity contribution is 5.82. The van der Waals surface area contributed by atoms with Crippen molar-refractivity contribution in [3.8, 4) is 0 Å². The van der Waals surface area contributed by atoms with Gasteiger partial charge in [-0.1, -0.05) is 42.0 Å². The first-order valence-electron chi connectivity index (χ1n) is 6.04. The molecule has 19 heavy (non-hydrogen) atoms. The normalized spacial score (nSPS) is 11.5. The van der Waals surface area contributed by atoms with E-state index in [2.05, 4.69) is 10.2 Å². The van der Waals surface area contributed by atoms with Gasteiger partial charge < -0.3 is 0 Å². The van der Waals surface area contributed by atoms with Gasteiger partial charge in [0.25, 0.3) is 0 Å². The minimum atomic E-state index is -0.230.